The molecule has 0 heterocycles. The van der Waals surface area contributed by atoms with Crippen molar-refractivity contribution in [2.24, 2.45) is 5.41 Å². The fraction of sp³-hybridized carbons (Fsp3) is 0.700. The molecule has 0 radical (unpaired) electrons. The molecule has 6 heteroatoms. The van der Waals surface area contributed by atoms with Crippen molar-refractivity contribution in [2.75, 3.05) is 6.61 Å². The second-order valence-electron chi connectivity index (χ2n) is 8.92. The van der Waals surface area contributed by atoms with Gasteiger partial charge in [0.25, 0.3) is 0 Å². The summed E-state index contributed by atoms with van der Waals surface area (Å²) in [7, 11) is -4.18. The molecule has 2 unspecified atom stereocenters. The fourth-order valence-electron chi connectivity index (χ4n) is 3.21. The van der Waals surface area contributed by atoms with Gasteiger partial charge in [-0.1, -0.05) is 46.8 Å². The average molecular weight is 386 g/mol. The van der Waals surface area contributed by atoms with Crippen LogP contribution in [-0.4, -0.2) is 28.3 Å². The third kappa shape index (κ3) is 8.22. The summed E-state index contributed by atoms with van der Waals surface area (Å²) in [4.78, 5) is 18.0. The summed E-state index contributed by atoms with van der Waals surface area (Å²) < 4.78 is 22.1. The predicted octanol–water partition coefficient (Wildman–Crippen LogP) is 5.10. The Morgan fingerprint density at radius 1 is 1.04 bits per heavy atom. The van der Waals surface area contributed by atoms with E-state index in [9.17, 15) is 4.57 Å². The van der Waals surface area contributed by atoms with E-state index in [1.807, 2.05) is 19.1 Å². The van der Waals surface area contributed by atoms with Gasteiger partial charge in [0.1, 0.15) is 5.75 Å². The Labute approximate surface area is 158 Å². The van der Waals surface area contributed by atoms with Gasteiger partial charge in [0.2, 0.25) is 0 Å². The van der Waals surface area contributed by atoms with Crippen LogP contribution in [0.15, 0.2) is 24.3 Å². The van der Waals surface area contributed by atoms with E-state index in [0.717, 1.165) is 12.2 Å². The number of hydrogen-bond donors (Lipinski definition) is 2. The normalized spacial score (nSPS) is 15.6. The monoisotopic (exact) mass is 386 g/mol. The lowest BCUT2D eigenvalue weighted by molar-refractivity contribution is 0.0717. The summed E-state index contributed by atoms with van der Waals surface area (Å²) in [6, 6.07) is 8.19. The maximum absolute atomic E-state index is 11.0. The van der Waals surface area contributed by atoms with Gasteiger partial charge in [0.15, 0.2) is 5.85 Å². The number of ether oxygens (including phenoxy) is 2. The third-order valence-electron chi connectivity index (χ3n) is 4.30. The Balaban J connectivity index is 2.55. The van der Waals surface area contributed by atoms with Gasteiger partial charge in [-0.15, -0.1) is 0 Å². The minimum atomic E-state index is -4.18. The summed E-state index contributed by atoms with van der Waals surface area (Å²) >= 11 is 0. The van der Waals surface area contributed by atoms with Crippen LogP contribution in [0.25, 0.3) is 0 Å². The van der Waals surface area contributed by atoms with Gasteiger partial charge in [-0.3, -0.25) is 4.57 Å². The SMILES string of the molecule is CC(CCOC(C)P(=O)(O)O)Oc1ccc(C(C)(C)CC(C)(C)C)cc1. The van der Waals surface area contributed by atoms with Crippen molar-refractivity contribution in [3.8, 4) is 5.75 Å². The van der Waals surface area contributed by atoms with Crippen molar-refractivity contribution >= 4 is 7.60 Å². The summed E-state index contributed by atoms with van der Waals surface area (Å²) in [5.74, 6) is -0.296. The van der Waals surface area contributed by atoms with Crippen molar-refractivity contribution in [1.29, 1.82) is 0 Å². The molecule has 0 aliphatic rings. The lowest BCUT2D eigenvalue weighted by Crippen LogP contribution is -2.24. The number of benzene rings is 1. The molecule has 150 valence electrons. The average Bonchev–Trinajstić information content (AvgIpc) is 2.44. The first-order valence-corrected chi connectivity index (χ1v) is 10.8. The number of rotatable bonds is 9. The van der Waals surface area contributed by atoms with E-state index >= 15 is 0 Å². The zero-order chi connectivity index (χ0) is 20.2. The summed E-state index contributed by atoms with van der Waals surface area (Å²) in [6.45, 7) is 14.8. The molecule has 0 spiro atoms. The highest BCUT2D eigenvalue weighted by Crippen LogP contribution is 2.41. The second kappa shape index (κ2) is 8.88. The highest BCUT2D eigenvalue weighted by molar-refractivity contribution is 7.52. The lowest BCUT2D eigenvalue weighted by atomic mass is 9.72. The van der Waals surface area contributed by atoms with E-state index < -0.39 is 13.4 Å². The highest BCUT2D eigenvalue weighted by atomic mass is 31.2. The van der Waals surface area contributed by atoms with Crippen molar-refractivity contribution in [2.45, 2.75) is 78.7 Å². The zero-order valence-electron chi connectivity index (χ0n) is 17.2. The molecule has 5 nitrogen and oxygen atoms in total. The Bertz CT molecular complexity index is 598. The van der Waals surface area contributed by atoms with E-state index in [0.29, 0.717) is 6.42 Å². The molecule has 0 aliphatic carbocycles. The first-order valence-electron chi connectivity index (χ1n) is 9.15. The molecule has 0 fully saturated rings. The van der Waals surface area contributed by atoms with Gasteiger partial charge in [0, 0.05) is 6.42 Å². The minimum Gasteiger partial charge on any atom is -0.491 e. The van der Waals surface area contributed by atoms with Crippen LogP contribution >= 0.6 is 7.60 Å². The zero-order valence-corrected chi connectivity index (χ0v) is 18.0. The lowest BCUT2D eigenvalue weighted by Gasteiger charge is -2.33. The number of hydrogen-bond acceptors (Lipinski definition) is 3. The van der Waals surface area contributed by atoms with Gasteiger partial charge in [-0.25, -0.2) is 0 Å². The van der Waals surface area contributed by atoms with Gasteiger partial charge in [-0.05, 0) is 48.8 Å². The molecule has 0 aromatic heterocycles. The van der Waals surface area contributed by atoms with Gasteiger partial charge < -0.3 is 19.3 Å². The molecule has 26 heavy (non-hydrogen) atoms. The Morgan fingerprint density at radius 2 is 1.58 bits per heavy atom. The summed E-state index contributed by atoms with van der Waals surface area (Å²) in [5.41, 5.74) is 1.64. The first-order chi connectivity index (χ1) is 11.7. The molecule has 0 bridgehead atoms. The van der Waals surface area contributed by atoms with Crippen molar-refractivity contribution in [1.82, 2.24) is 0 Å². The van der Waals surface area contributed by atoms with E-state index in [-0.39, 0.29) is 23.5 Å². The van der Waals surface area contributed by atoms with E-state index in [1.54, 1.807) is 0 Å². The maximum atomic E-state index is 11.0. The fourth-order valence-corrected chi connectivity index (χ4v) is 3.51. The predicted molar refractivity (Wildman–Crippen MR) is 106 cm³/mol. The molecule has 0 saturated heterocycles. The molecule has 1 aromatic rings. The van der Waals surface area contributed by atoms with Crippen molar-refractivity contribution < 1.29 is 23.8 Å². The molecular weight excluding hydrogens is 351 g/mol. The van der Waals surface area contributed by atoms with Gasteiger partial charge in [0.05, 0.1) is 12.7 Å². The van der Waals surface area contributed by atoms with Crippen LogP contribution < -0.4 is 4.74 Å². The third-order valence-corrected chi connectivity index (χ3v) is 5.40. The van der Waals surface area contributed by atoms with Crippen LogP contribution in [0.1, 0.15) is 66.9 Å². The smallest absolute Gasteiger partial charge is 0.353 e. The molecule has 1 aromatic carbocycles. The molecule has 2 N–H and O–H groups in total. The molecule has 0 aliphatic heterocycles. The summed E-state index contributed by atoms with van der Waals surface area (Å²) in [6.07, 6.45) is 1.54. The molecule has 1 rings (SSSR count). The van der Waals surface area contributed by atoms with Crippen molar-refractivity contribution in [3.05, 3.63) is 29.8 Å². The molecule has 2 atom stereocenters. The quantitative estimate of drug-likeness (QED) is 0.578. The standard InChI is InChI=1S/C20H35O5P/c1-15(12-13-24-16(2)26(21,22)23)25-18-10-8-17(9-11-18)20(6,7)14-19(3,4)5/h8-11,15-16H,12-14H2,1-7H3,(H2,21,22,23). The Morgan fingerprint density at radius 3 is 2.04 bits per heavy atom. The van der Waals surface area contributed by atoms with Crippen LogP contribution in [0.5, 0.6) is 5.75 Å². The van der Waals surface area contributed by atoms with Crippen LogP contribution in [0, 0.1) is 5.41 Å². The van der Waals surface area contributed by atoms with Gasteiger partial charge in [-0.2, -0.15) is 0 Å². The topological polar surface area (TPSA) is 76.0 Å². The molecule has 0 amide bonds. The minimum absolute atomic E-state index is 0.0922. The van der Waals surface area contributed by atoms with Gasteiger partial charge >= 0.3 is 7.60 Å². The van der Waals surface area contributed by atoms with E-state index in [4.69, 9.17) is 19.3 Å². The Kier molecular flexibility index (Phi) is 7.91. The van der Waals surface area contributed by atoms with Crippen LogP contribution in [0.2, 0.25) is 0 Å². The second-order valence-corrected chi connectivity index (χ2v) is 10.8. The Hall–Kier alpha value is -0.870. The first kappa shape index (κ1) is 23.2. The van der Waals surface area contributed by atoms with Crippen LogP contribution in [0.3, 0.4) is 0 Å². The van der Waals surface area contributed by atoms with E-state index in [2.05, 4.69) is 46.8 Å². The van der Waals surface area contributed by atoms with Crippen molar-refractivity contribution in [3.63, 3.8) is 0 Å². The van der Waals surface area contributed by atoms with Crippen LogP contribution in [-0.2, 0) is 14.7 Å². The summed E-state index contributed by atoms with van der Waals surface area (Å²) in [5, 5.41) is 0. The largest absolute Gasteiger partial charge is 0.491 e. The highest BCUT2D eigenvalue weighted by Gasteiger charge is 2.27. The van der Waals surface area contributed by atoms with E-state index in [1.165, 1.54) is 12.5 Å². The molecular formula is C20H35O5P. The van der Waals surface area contributed by atoms with Crippen LogP contribution in [0.4, 0.5) is 0 Å². The maximum Gasteiger partial charge on any atom is 0.353 e. The molecule has 0 saturated carbocycles.